The summed E-state index contributed by atoms with van der Waals surface area (Å²) in [6, 6.07) is 6.76. The van der Waals surface area contributed by atoms with Gasteiger partial charge in [0, 0.05) is 12.4 Å². The van der Waals surface area contributed by atoms with Crippen molar-refractivity contribution in [3.63, 3.8) is 0 Å². The van der Waals surface area contributed by atoms with Crippen molar-refractivity contribution in [2.75, 3.05) is 13.3 Å². The molecule has 0 atom stereocenters. The fourth-order valence-electron chi connectivity index (χ4n) is 1.79. The lowest BCUT2D eigenvalue weighted by Crippen LogP contribution is -2.27. The van der Waals surface area contributed by atoms with Crippen LogP contribution in [0.25, 0.3) is 0 Å². The van der Waals surface area contributed by atoms with Crippen LogP contribution in [0.1, 0.15) is 39.0 Å². The maximum Gasteiger partial charge on any atom is 0.341 e. The van der Waals surface area contributed by atoms with E-state index in [2.05, 4.69) is 27.1 Å². The highest BCUT2D eigenvalue weighted by molar-refractivity contribution is 5.90. The number of aryl methyl sites for hydroxylation is 2. The molecule has 11 nitrogen and oxygen atoms in total. The number of aromatic nitrogens is 2. The maximum atomic E-state index is 11.3. The van der Waals surface area contributed by atoms with Crippen LogP contribution in [0.3, 0.4) is 0 Å². The second-order valence-electron chi connectivity index (χ2n) is 4.77. The average Bonchev–Trinajstić information content (AvgIpc) is 2.69. The maximum absolute atomic E-state index is 11.3. The Labute approximate surface area is 163 Å². The number of pyridine rings is 2. The number of nitrogens with one attached hydrogen (secondary N) is 1. The van der Waals surface area contributed by atoms with E-state index in [0.29, 0.717) is 29.1 Å². The monoisotopic (exact) mass is 396 g/mol. The summed E-state index contributed by atoms with van der Waals surface area (Å²) in [7, 11) is 0. The molecule has 0 aromatic carbocycles. The number of esters is 2. The first kappa shape index (κ1) is 27.3. The Morgan fingerprint density at radius 2 is 1.39 bits per heavy atom. The van der Waals surface area contributed by atoms with Gasteiger partial charge in [0.1, 0.15) is 0 Å². The third-order valence-corrected chi connectivity index (χ3v) is 3.02. The van der Waals surface area contributed by atoms with E-state index in [1.807, 2.05) is 0 Å². The third-order valence-electron chi connectivity index (χ3n) is 3.02. The first-order chi connectivity index (χ1) is 13.0. The lowest BCUT2D eigenvalue weighted by molar-refractivity contribution is 0.0469. The van der Waals surface area contributed by atoms with Crippen LogP contribution in [-0.4, -0.2) is 40.7 Å². The van der Waals surface area contributed by atoms with Crippen molar-refractivity contribution in [2.24, 2.45) is 17.5 Å². The fraction of sp³-hybridized carbons (Fsp3) is 0.294. The molecule has 28 heavy (non-hydrogen) atoms. The van der Waals surface area contributed by atoms with Gasteiger partial charge in [-0.15, -0.1) is 0 Å². The molecule has 0 amide bonds. The van der Waals surface area contributed by atoms with Gasteiger partial charge in [-0.1, -0.05) is 0 Å². The molecule has 11 heteroatoms. The van der Waals surface area contributed by atoms with Gasteiger partial charge in [-0.25, -0.2) is 15.0 Å². The minimum atomic E-state index is -0.427. The van der Waals surface area contributed by atoms with E-state index < -0.39 is 5.97 Å². The summed E-state index contributed by atoms with van der Waals surface area (Å²) in [5.74, 6) is 12.2. The third kappa shape index (κ3) is 9.66. The molecule has 0 saturated heterocycles. The second-order valence-corrected chi connectivity index (χ2v) is 4.77. The number of carbonyl (C=O) groups is 2. The molecule has 2 aromatic rings. The van der Waals surface area contributed by atoms with Gasteiger partial charge in [0.25, 0.3) is 0 Å². The van der Waals surface area contributed by atoms with Crippen LogP contribution in [0.4, 0.5) is 0 Å². The van der Waals surface area contributed by atoms with Crippen molar-refractivity contribution in [3.05, 3.63) is 59.2 Å². The van der Waals surface area contributed by atoms with Gasteiger partial charge >= 0.3 is 11.9 Å². The van der Waals surface area contributed by atoms with Crippen LogP contribution in [0.5, 0.6) is 0 Å². The van der Waals surface area contributed by atoms with Crippen molar-refractivity contribution >= 4 is 11.9 Å². The summed E-state index contributed by atoms with van der Waals surface area (Å²) in [6.07, 6.45) is 3.27. The Hall–Kier alpha value is -2.96. The number of carbonyl (C=O) groups excluding carboxylic acids is 2. The Balaban J connectivity index is 0. The molecule has 0 aliphatic heterocycles. The predicted octanol–water partition coefficient (Wildman–Crippen LogP) is -0.472. The summed E-state index contributed by atoms with van der Waals surface area (Å²) >= 11 is 0. The molecule has 9 N–H and O–H groups in total. The quantitative estimate of drug-likeness (QED) is 0.221. The molecule has 0 spiro atoms. The van der Waals surface area contributed by atoms with Gasteiger partial charge < -0.3 is 14.9 Å². The number of hydrogen-bond acceptors (Lipinski definition) is 10. The highest BCUT2D eigenvalue weighted by atomic mass is 16.5. The standard InChI is InChI=1S/C9H11NO2.C8H11N3O2.H4N2.H2O/c1-3-12-9(11)8-5-4-6-10-7(8)2;1-6-7(3-2-4-10-6)8(12)13-5-11-9;1-2;/h4-6H,3H2,1-2H3;2-4,11H,5,9H2,1H3;1-2H2;1H2. The number of hydrogen-bond donors (Lipinski definition) is 4. The lowest BCUT2D eigenvalue weighted by atomic mass is 10.2. The van der Waals surface area contributed by atoms with Gasteiger partial charge in [-0.2, -0.15) is 0 Å². The molecule has 2 aromatic heterocycles. The van der Waals surface area contributed by atoms with E-state index in [9.17, 15) is 9.59 Å². The van der Waals surface area contributed by atoms with E-state index in [0.717, 1.165) is 0 Å². The predicted molar refractivity (Wildman–Crippen MR) is 103 cm³/mol. The molecule has 156 valence electrons. The fourth-order valence-corrected chi connectivity index (χ4v) is 1.79. The summed E-state index contributed by atoms with van der Waals surface area (Å²) in [5, 5.41) is 0. The van der Waals surface area contributed by atoms with Gasteiger partial charge in [-0.05, 0) is 45.0 Å². The van der Waals surface area contributed by atoms with Crippen LogP contribution >= 0.6 is 0 Å². The number of nitrogens with two attached hydrogens (primary N) is 3. The second kappa shape index (κ2) is 16.2. The van der Waals surface area contributed by atoms with E-state index >= 15 is 0 Å². The first-order valence-corrected chi connectivity index (χ1v) is 7.95. The first-order valence-electron chi connectivity index (χ1n) is 7.95. The summed E-state index contributed by atoms with van der Waals surface area (Å²) in [6.45, 7) is 5.70. The van der Waals surface area contributed by atoms with Crippen molar-refractivity contribution < 1.29 is 24.5 Å². The highest BCUT2D eigenvalue weighted by Gasteiger charge is 2.09. The van der Waals surface area contributed by atoms with Gasteiger partial charge in [0.05, 0.1) is 29.1 Å². The summed E-state index contributed by atoms with van der Waals surface area (Å²) in [5.41, 5.74) is 4.57. The number of nitrogens with zero attached hydrogens (tertiary/aromatic N) is 2. The Morgan fingerprint density at radius 3 is 1.75 bits per heavy atom. The molecule has 0 aliphatic rings. The van der Waals surface area contributed by atoms with Crippen molar-refractivity contribution in [1.82, 2.24) is 15.4 Å². The molecule has 0 radical (unpaired) electrons. The topological polar surface area (TPSA) is 200 Å². The molecule has 2 heterocycles. The molecule has 0 aliphatic carbocycles. The molecule has 0 fully saturated rings. The molecular formula is C17H28N6O5. The van der Waals surface area contributed by atoms with Crippen LogP contribution in [0.2, 0.25) is 0 Å². The zero-order valence-corrected chi connectivity index (χ0v) is 16.1. The Kier molecular flexibility index (Phi) is 15.8. The van der Waals surface area contributed by atoms with Gasteiger partial charge in [0.15, 0.2) is 6.73 Å². The van der Waals surface area contributed by atoms with Crippen LogP contribution in [-0.2, 0) is 9.47 Å². The zero-order chi connectivity index (χ0) is 20.7. The summed E-state index contributed by atoms with van der Waals surface area (Å²) in [4.78, 5) is 30.4. The van der Waals surface area contributed by atoms with Gasteiger partial charge in [-0.3, -0.25) is 27.5 Å². The van der Waals surface area contributed by atoms with Crippen molar-refractivity contribution in [3.8, 4) is 0 Å². The molecule has 0 bridgehead atoms. The number of ether oxygens (including phenoxy) is 2. The smallest absolute Gasteiger partial charge is 0.341 e. The van der Waals surface area contributed by atoms with Crippen molar-refractivity contribution in [1.29, 1.82) is 0 Å². The molecule has 2 rings (SSSR count). The van der Waals surface area contributed by atoms with E-state index in [1.165, 1.54) is 0 Å². The molecular weight excluding hydrogens is 368 g/mol. The molecule has 0 saturated carbocycles. The number of rotatable bonds is 5. The molecule has 0 unspecified atom stereocenters. The summed E-state index contributed by atoms with van der Waals surface area (Å²) < 4.78 is 9.57. The lowest BCUT2D eigenvalue weighted by Gasteiger charge is -2.04. The van der Waals surface area contributed by atoms with Crippen LogP contribution in [0, 0.1) is 13.8 Å². The van der Waals surface area contributed by atoms with Gasteiger partial charge in [0.2, 0.25) is 0 Å². The van der Waals surface area contributed by atoms with Crippen LogP contribution in [0.15, 0.2) is 36.7 Å². The number of hydrazine groups is 2. The van der Waals surface area contributed by atoms with E-state index in [4.69, 9.17) is 15.3 Å². The normalized spacial score (nSPS) is 8.79. The van der Waals surface area contributed by atoms with E-state index in [-0.39, 0.29) is 18.2 Å². The minimum Gasteiger partial charge on any atom is -0.462 e. The Bertz CT molecular complexity index is 714. The van der Waals surface area contributed by atoms with Crippen LogP contribution < -0.4 is 23.0 Å². The SMILES string of the molecule is CCOC(=O)c1cccnc1C.Cc1ncccc1C(=O)OCNN.NN.O. The van der Waals surface area contributed by atoms with Crippen molar-refractivity contribution in [2.45, 2.75) is 20.8 Å². The largest absolute Gasteiger partial charge is 0.462 e. The highest BCUT2D eigenvalue weighted by Crippen LogP contribution is 2.05. The average molecular weight is 396 g/mol. The van der Waals surface area contributed by atoms with E-state index in [1.54, 1.807) is 57.4 Å². The Morgan fingerprint density at radius 1 is 0.964 bits per heavy atom. The zero-order valence-electron chi connectivity index (χ0n) is 16.1. The minimum absolute atomic E-state index is 0.